The summed E-state index contributed by atoms with van der Waals surface area (Å²) in [5.41, 5.74) is 4.29. The predicted molar refractivity (Wildman–Crippen MR) is 123 cm³/mol. The summed E-state index contributed by atoms with van der Waals surface area (Å²) in [4.78, 5) is 18.0. The number of thiazole rings is 1. The smallest absolute Gasteiger partial charge is 0.229 e. The van der Waals surface area contributed by atoms with Gasteiger partial charge in [-0.3, -0.25) is 4.79 Å². The Morgan fingerprint density at radius 2 is 2.00 bits per heavy atom. The van der Waals surface area contributed by atoms with Gasteiger partial charge in [0.2, 0.25) is 5.91 Å². The molecule has 0 unspecified atom stereocenters. The minimum absolute atomic E-state index is 0.0685. The molecular formula is C24H26FN3O2S. The van der Waals surface area contributed by atoms with Crippen LogP contribution < -0.4 is 10.6 Å². The van der Waals surface area contributed by atoms with E-state index < -0.39 is 5.82 Å². The number of halogens is 1. The molecule has 0 atom stereocenters. The van der Waals surface area contributed by atoms with Gasteiger partial charge in [0.15, 0.2) is 16.7 Å². The van der Waals surface area contributed by atoms with Gasteiger partial charge in [0.25, 0.3) is 0 Å². The monoisotopic (exact) mass is 439 g/mol. The third kappa shape index (κ3) is 4.71. The minimum Gasteiger partial charge on any atom is -0.505 e. The van der Waals surface area contributed by atoms with E-state index in [2.05, 4.69) is 15.6 Å². The maximum Gasteiger partial charge on any atom is 0.229 e. The Bertz CT molecular complexity index is 1110. The van der Waals surface area contributed by atoms with Gasteiger partial charge in [-0.25, -0.2) is 9.37 Å². The van der Waals surface area contributed by atoms with Gasteiger partial charge in [-0.05, 0) is 49.9 Å². The maximum absolute atomic E-state index is 13.6. The molecule has 0 saturated heterocycles. The van der Waals surface area contributed by atoms with E-state index in [9.17, 15) is 14.3 Å². The molecule has 4 rings (SSSR count). The lowest BCUT2D eigenvalue weighted by molar-refractivity contribution is -0.119. The second-order valence-electron chi connectivity index (χ2n) is 8.04. The molecule has 3 aromatic rings. The van der Waals surface area contributed by atoms with E-state index in [1.807, 2.05) is 32.0 Å². The first kappa shape index (κ1) is 21.3. The average molecular weight is 440 g/mol. The number of aryl methyl sites for hydroxylation is 2. The fourth-order valence-electron chi connectivity index (χ4n) is 3.96. The van der Waals surface area contributed by atoms with E-state index in [1.54, 1.807) is 12.1 Å². The lowest BCUT2D eigenvalue weighted by Gasteiger charge is -2.12. The van der Waals surface area contributed by atoms with E-state index in [4.69, 9.17) is 0 Å². The highest BCUT2D eigenvalue weighted by atomic mass is 32.1. The van der Waals surface area contributed by atoms with Crippen LogP contribution in [0.25, 0.3) is 10.4 Å². The van der Waals surface area contributed by atoms with Crippen LogP contribution in [0.5, 0.6) is 5.75 Å². The topological polar surface area (TPSA) is 74.2 Å². The SMILES string of the molecule is Cc1ccc(-c2sc(NC(=O)C3CCCC3)nc2C)cc1NCc1cccc(F)c1O. The molecule has 162 valence electrons. The van der Waals surface area contributed by atoms with Crippen LogP contribution in [0.15, 0.2) is 36.4 Å². The van der Waals surface area contributed by atoms with Crippen LogP contribution in [0.1, 0.15) is 42.5 Å². The molecule has 1 fully saturated rings. The van der Waals surface area contributed by atoms with Gasteiger partial charge in [-0.1, -0.05) is 48.4 Å². The molecule has 31 heavy (non-hydrogen) atoms. The molecule has 3 N–H and O–H groups in total. The van der Waals surface area contributed by atoms with Gasteiger partial charge < -0.3 is 15.7 Å². The van der Waals surface area contributed by atoms with Crippen molar-refractivity contribution in [1.29, 1.82) is 0 Å². The third-order valence-electron chi connectivity index (χ3n) is 5.79. The number of amides is 1. The van der Waals surface area contributed by atoms with Crippen LogP contribution in [0.4, 0.5) is 15.2 Å². The summed E-state index contributed by atoms with van der Waals surface area (Å²) in [6.45, 7) is 4.23. The molecule has 7 heteroatoms. The zero-order chi connectivity index (χ0) is 22.0. The van der Waals surface area contributed by atoms with Crippen LogP contribution in [0.2, 0.25) is 0 Å². The lowest BCUT2D eigenvalue weighted by atomic mass is 10.1. The summed E-state index contributed by atoms with van der Waals surface area (Å²) in [6.07, 6.45) is 4.15. The quantitative estimate of drug-likeness (QED) is 0.440. The Hall–Kier alpha value is -2.93. The van der Waals surface area contributed by atoms with Gasteiger partial charge in [0.1, 0.15) is 0 Å². The van der Waals surface area contributed by atoms with Crippen molar-refractivity contribution in [3.05, 3.63) is 59.0 Å². The molecule has 1 heterocycles. The van der Waals surface area contributed by atoms with Crippen molar-refractivity contribution in [2.45, 2.75) is 46.1 Å². The van der Waals surface area contributed by atoms with Crippen molar-refractivity contribution in [2.24, 2.45) is 5.92 Å². The highest BCUT2D eigenvalue weighted by molar-refractivity contribution is 7.19. The first-order chi connectivity index (χ1) is 14.9. The second kappa shape index (κ2) is 9.06. The lowest BCUT2D eigenvalue weighted by Crippen LogP contribution is -2.20. The number of benzene rings is 2. The van der Waals surface area contributed by atoms with Crippen molar-refractivity contribution in [3.8, 4) is 16.2 Å². The van der Waals surface area contributed by atoms with E-state index >= 15 is 0 Å². The number of carbonyl (C=O) groups excluding carboxylic acids is 1. The van der Waals surface area contributed by atoms with Gasteiger partial charge in [0.05, 0.1) is 10.6 Å². The second-order valence-corrected chi connectivity index (χ2v) is 9.03. The standard InChI is InChI=1S/C24H26FN3O2S/c1-14-10-11-17(12-20(14)26-13-18-8-5-9-19(25)21(18)29)22-15(2)27-24(31-22)28-23(30)16-6-3-4-7-16/h5,8-12,16,26,29H,3-4,6-7,13H2,1-2H3,(H,27,28,30). The molecule has 0 bridgehead atoms. The number of aromatic hydroxyl groups is 1. The van der Waals surface area contributed by atoms with Gasteiger partial charge in [-0.15, -0.1) is 0 Å². The molecule has 1 aliphatic carbocycles. The van der Waals surface area contributed by atoms with Crippen molar-refractivity contribution in [2.75, 3.05) is 10.6 Å². The highest BCUT2D eigenvalue weighted by Gasteiger charge is 2.24. The Morgan fingerprint density at radius 3 is 2.77 bits per heavy atom. The summed E-state index contributed by atoms with van der Waals surface area (Å²) in [5, 5.41) is 16.8. The number of phenols is 1. The van der Waals surface area contributed by atoms with Gasteiger partial charge in [-0.2, -0.15) is 0 Å². The third-order valence-corrected chi connectivity index (χ3v) is 6.91. The Balaban J connectivity index is 1.51. The van der Waals surface area contributed by atoms with E-state index in [0.717, 1.165) is 53.1 Å². The van der Waals surface area contributed by atoms with Crippen molar-refractivity contribution in [3.63, 3.8) is 0 Å². The van der Waals surface area contributed by atoms with Crippen LogP contribution >= 0.6 is 11.3 Å². The van der Waals surface area contributed by atoms with E-state index in [-0.39, 0.29) is 17.6 Å². The number of anilines is 2. The van der Waals surface area contributed by atoms with Crippen molar-refractivity contribution in [1.82, 2.24) is 4.98 Å². The van der Waals surface area contributed by atoms with Crippen molar-refractivity contribution >= 4 is 28.1 Å². The minimum atomic E-state index is -0.628. The zero-order valence-corrected chi connectivity index (χ0v) is 18.5. The summed E-state index contributed by atoms with van der Waals surface area (Å²) < 4.78 is 13.6. The first-order valence-corrected chi connectivity index (χ1v) is 11.3. The normalized spacial score (nSPS) is 14.0. The molecule has 0 aliphatic heterocycles. The van der Waals surface area contributed by atoms with Crippen LogP contribution in [-0.4, -0.2) is 16.0 Å². The molecule has 1 saturated carbocycles. The average Bonchev–Trinajstić information content (AvgIpc) is 3.40. The molecule has 0 radical (unpaired) electrons. The molecule has 1 aliphatic rings. The Labute approximate surface area is 185 Å². The van der Waals surface area contributed by atoms with Gasteiger partial charge in [0, 0.05) is 23.7 Å². The molecule has 1 amide bonds. The summed E-state index contributed by atoms with van der Waals surface area (Å²) >= 11 is 1.47. The largest absolute Gasteiger partial charge is 0.505 e. The number of para-hydroxylation sites is 1. The zero-order valence-electron chi connectivity index (χ0n) is 17.7. The first-order valence-electron chi connectivity index (χ1n) is 10.5. The van der Waals surface area contributed by atoms with E-state index in [0.29, 0.717) is 17.2 Å². The van der Waals surface area contributed by atoms with Crippen LogP contribution in [0.3, 0.4) is 0 Å². The summed E-state index contributed by atoms with van der Waals surface area (Å²) in [7, 11) is 0. The highest BCUT2D eigenvalue weighted by Crippen LogP contribution is 2.36. The summed E-state index contributed by atoms with van der Waals surface area (Å²) in [5.74, 6) is -0.789. The van der Waals surface area contributed by atoms with E-state index in [1.165, 1.54) is 17.4 Å². The fourth-order valence-corrected chi connectivity index (χ4v) is 4.93. The Morgan fingerprint density at radius 1 is 1.23 bits per heavy atom. The number of rotatable bonds is 6. The van der Waals surface area contributed by atoms with Gasteiger partial charge >= 0.3 is 0 Å². The Kier molecular flexibility index (Phi) is 6.23. The number of aromatic nitrogens is 1. The molecule has 5 nitrogen and oxygen atoms in total. The number of hydrogen-bond donors (Lipinski definition) is 3. The molecule has 1 aromatic heterocycles. The number of nitrogens with zero attached hydrogens (tertiary/aromatic N) is 1. The fraction of sp³-hybridized carbons (Fsp3) is 0.333. The molecule has 2 aromatic carbocycles. The summed E-state index contributed by atoms with van der Waals surface area (Å²) in [6, 6.07) is 10.6. The number of hydrogen-bond acceptors (Lipinski definition) is 5. The maximum atomic E-state index is 13.6. The van der Waals surface area contributed by atoms with Crippen LogP contribution in [0, 0.1) is 25.6 Å². The number of phenolic OH excluding ortho intramolecular Hbond substituents is 1. The molecule has 0 spiro atoms. The molecular weight excluding hydrogens is 413 g/mol. The number of nitrogens with one attached hydrogen (secondary N) is 2. The van der Waals surface area contributed by atoms with Crippen molar-refractivity contribution < 1.29 is 14.3 Å². The predicted octanol–water partition coefficient (Wildman–Crippen LogP) is 6.01. The number of carbonyl (C=O) groups is 1. The van der Waals surface area contributed by atoms with Crippen LogP contribution in [-0.2, 0) is 11.3 Å².